The summed E-state index contributed by atoms with van der Waals surface area (Å²) >= 11 is 0. The van der Waals surface area contributed by atoms with E-state index in [2.05, 4.69) is 35.6 Å². The monoisotopic (exact) mass is 343 g/mol. The Balaban J connectivity index is 3.24. The maximum absolute atomic E-state index is 8.23. The molecular formula is C23H25N3. The van der Waals surface area contributed by atoms with Crippen LogP contribution in [0, 0.1) is 17.5 Å². The second-order valence-corrected chi connectivity index (χ2v) is 5.35. The standard InChI is InChI=1S/C23H25N3/c1-5-8-11-14-19(4)22(24)26-23(21(7-3)17-9-6-2)25-18-20-15-12-10-13-16-20/h6-9,11-12,14-18,24H,3,5H2,1-2,4H3/b9-6-,11-8-,19-14+,21-17+,24-22?,25-18+,26-23-. The first kappa shape index (κ1) is 20.8. The number of rotatable bonds is 7. The number of allylic oxidation sites excluding steroid dienone is 6. The Labute approximate surface area is 157 Å². The van der Waals surface area contributed by atoms with Crippen LogP contribution in [0.15, 0.2) is 88.4 Å². The molecule has 0 aliphatic rings. The Kier molecular flexibility index (Phi) is 9.73. The average Bonchev–Trinajstić information content (AvgIpc) is 2.67. The van der Waals surface area contributed by atoms with Crippen molar-refractivity contribution in [3.05, 3.63) is 96.2 Å². The van der Waals surface area contributed by atoms with E-state index in [1.54, 1.807) is 24.4 Å². The van der Waals surface area contributed by atoms with Crippen LogP contribution in [0.2, 0.25) is 0 Å². The molecule has 0 amide bonds. The maximum Gasteiger partial charge on any atom is 0.161 e. The molecule has 0 unspecified atom stereocenters. The van der Waals surface area contributed by atoms with Crippen LogP contribution in [0.5, 0.6) is 0 Å². The van der Waals surface area contributed by atoms with Gasteiger partial charge in [0, 0.05) is 17.4 Å². The lowest BCUT2D eigenvalue weighted by atomic mass is 10.2. The van der Waals surface area contributed by atoms with Crippen molar-refractivity contribution in [1.29, 1.82) is 5.41 Å². The lowest BCUT2D eigenvalue weighted by molar-refractivity contribution is 1.22. The Hall–Kier alpha value is -3.25. The van der Waals surface area contributed by atoms with Crippen LogP contribution in [-0.4, -0.2) is 17.9 Å². The lowest BCUT2D eigenvalue weighted by Crippen LogP contribution is -2.04. The third-order valence-corrected chi connectivity index (χ3v) is 3.27. The lowest BCUT2D eigenvalue weighted by Gasteiger charge is -2.04. The molecule has 1 rings (SSSR count). The van der Waals surface area contributed by atoms with Crippen LogP contribution in [0.25, 0.3) is 0 Å². The Morgan fingerprint density at radius 2 is 2.08 bits per heavy atom. The van der Waals surface area contributed by atoms with Crippen LogP contribution >= 0.6 is 0 Å². The fraction of sp³-hybridized carbons (Fsp3) is 0.174. The minimum absolute atomic E-state index is 0.166. The summed E-state index contributed by atoms with van der Waals surface area (Å²) in [5, 5.41) is 8.23. The Bertz CT molecular complexity index is 773. The van der Waals surface area contributed by atoms with Gasteiger partial charge in [0.05, 0.1) is 0 Å². The first-order chi connectivity index (χ1) is 12.6. The molecule has 1 N–H and O–H groups in total. The smallest absolute Gasteiger partial charge is 0.161 e. The molecule has 0 aliphatic heterocycles. The molecule has 0 saturated carbocycles. The summed E-state index contributed by atoms with van der Waals surface area (Å²) in [6.07, 6.45) is 15.9. The van der Waals surface area contributed by atoms with Gasteiger partial charge in [0.2, 0.25) is 0 Å². The van der Waals surface area contributed by atoms with E-state index < -0.39 is 0 Å². The molecule has 0 aromatic heterocycles. The molecule has 0 fully saturated rings. The summed E-state index contributed by atoms with van der Waals surface area (Å²) in [6, 6.07) is 11.2. The number of nitrogens with zero attached hydrogens (tertiary/aromatic N) is 2. The van der Waals surface area contributed by atoms with Gasteiger partial charge in [0.25, 0.3) is 0 Å². The van der Waals surface area contributed by atoms with Crippen LogP contribution in [0.4, 0.5) is 0 Å². The number of amidine groups is 2. The number of aliphatic imine (C=N–C) groups is 2. The van der Waals surface area contributed by atoms with Crippen LogP contribution in [0.1, 0.15) is 32.8 Å². The summed E-state index contributed by atoms with van der Waals surface area (Å²) in [5.74, 6) is 0.599. The maximum atomic E-state index is 8.23. The third kappa shape index (κ3) is 7.55. The quantitative estimate of drug-likeness (QED) is 0.376. The zero-order valence-electron chi connectivity index (χ0n) is 15.7. The second-order valence-electron chi connectivity index (χ2n) is 5.35. The highest BCUT2D eigenvalue weighted by Gasteiger charge is 2.05. The highest BCUT2D eigenvalue weighted by atomic mass is 14.9. The molecule has 3 heteroatoms. The van der Waals surface area contributed by atoms with Crippen molar-refractivity contribution < 1.29 is 0 Å². The molecule has 26 heavy (non-hydrogen) atoms. The van der Waals surface area contributed by atoms with Crippen molar-refractivity contribution in [1.82, 2.24) is 0 Å². The van der Waals surface area contributed by atoms with Crippen LogP contribution in [0.3, 0.4) is 0 Å². The summed E-state index contributed by atoms with van der Waals surface area (Å²) in [4.78, 5) is 8.87. The van der Waals surface area contributed by atoms with Crippen LogP contribution < -0.4 is 0 Å². The van der Waals surface area contributed by atoms with E-state index in [1.807, 2.05) is 56.4 Å². The minimum atomic E-state index is 0.166. The predicted molar refractivity (Wildman–Crippen MR) is 113 cm³/mol. The van der Waals surface area contributed by atoms with Gasteiger partial charge in [-0.05, 0) is 44.0 Å². The molecule has 0 saturated heterocycles. The predicted octanol–water partition coefficient (Wildman–Crippen LogP) is 5.68. The van der Waals surface area contributed by atoms with E-state index in [9.17, 15) is 0 Å². The van der Waals surface area contributed by atoms with Gasteiger partial charge in [-0.25, -0.2) is 9.98 Å². The molecule has 1 aromatic carbocycles. The molecule has 1 aromatic rings. The molecule has 0 bridgehead atoms. The molecule has 3 nitrogen and oxygen atoms in total. The number of hydrogen-bond acceptors (Lipinski definition) is 1. The van der Waals surface area contributed by atoms with Gasteiger partial charge >= 0.3 is 0 Å². The fourth-order valence-corrected chi connectivity index (χ4v) is 1.80. The van der Waals surface area contributed by atoms with Crippen molar-refractivity contribution in [2.45, 2.75) is 27.2 Å². The van der Waals surface area contributed by atoms with Gasteiger partial charge in [0.1, 0.15) is 5.84 Å². The first-order valence-corrected chi connectivity index (χ1v) is 8.51. The SMILES string of the molecule is C=CC(=C\C=C/C)/C(=N/C(=N)/C(C)=C/C=C\CC)/N=C/c1cc#ccc1. The third-order valence-electron chi connectivity index (χ3n) is 3.27. The molecule has 0 atom stereocenters. The van der Waals surface area contributed by atoms with Gasteiger partial charge in [-0.3, -0.25) is 5.41 Å². The number of nitrogens with one attached hydrogen (secondary N) is 1. The molecule has 0 aliphatic carbocycles. The molecular weight excluding hydrogens is 318 g/mol. The van der Waals surface area contributed by atoms with E-state index in [4.69, 9.17) is 5.41 Å². The zero-order chi connectivity index (χ0) is 19.2. The second kappa shape index (κ2) is 12.2. The highest BCUT2D eigenvalue weighted by Crippen LogP contribution is 2.07. The Morgan fingerprint density at radius 1 is 1.27 bits per heavy atom. The fourth-order valence-electron chi connectivity index (χ4n) is 1.80. The van der Waals surface area contributed by atoms with E-state index in [0.717, 1.165) is 23.1 Å². The number of hydrogen-bond donors (Lipinski definition) is 1. The zero-order valence-corrected chi connectivity index (χ0v) is 15.7. The normalized spacial score (nSPS) is 13.6. The largest absolute Gasteiger partial charge is 0.283 e. The minimum Gasteiger partial charge on any atom is -0.283 e. The van der Waals surface area contributed by atoms with Crippen LogP contribution in [-0.2, 0) is 0 Å². The van der Waals surface area contributed by atoms with Crippen molar-refractivity contribution >= 4 is 17.9 Å². The highest BCUT2D eigenvalue weighted by molar-refractivity contribution is 6.14. The van der Waals surface area contributed by atoms with Gasteiger partial charge in [-0.15, -0.1) is 0 Å². The van der Waals surface area contributed by atoms with E-state index in [0.29, 0.717) is 5.84 Å². The van der Waals surface area contributed by atoms with Crippen molar-refractivity contribution in [2.75, 3.05) is 0 Å². The molecule has 0 radical (unpaired) electrons. The van der Waals surface area contributed by atoms with E-state index in [1.165, 1.54) is 0 Å². The van der Waals surface area contributed by atoms with Crippen molar-refractivity contribution in [2.24, 2.45) is 9.98 Å². The average molecular weight is 343 g/mol. The van der Waals surface area contributed by atoms with Gasteiger partial charge in [0.15, 0.2) is 5.84 Å². The summed E-state index contributed by atoms with van der Waals surface area (Å²) in [6.45, 7) is 9.70. The topological polar surface area (TPSA) is 48.6 Å². The summed E-state index contributed by atoms with van der Waals surface area (Å²) < 4.78 is 0. The molecule has 132 valence electrons. The summed E-state index contributed by atoms with van der Waals surface area (Å²) in [5.41, 5.74) is 2.39. The van der Waals surface area contributed by atoms with Crippen molar-refractivity contribution in [3.8, 4) is 0 Å². The van der Waals surface area contributed by atoms with Gasteiger partial charge in [-0.1, -0.05) is 68.2 Å². The molecule has 0 spiro atoms. The van der Waals surface area contributed by atoms with E-state index >= 15 is 0 Å². The molecule has 0 heterocycles. The Morgan fingerprint density at radius 3 is 2.69 bits per heavy atom. The van der Waals surface area contributed by atoms with Crippen molar-refractivity contribution in [3.63, 3.8) is 0 Å². The van der Waals surface area contributed by atoms with Gasteiger partial charge in [-0.2, -0.15) is 0 Å². The van der Waals surface area contributed by atoms with E-state index in [-0.39, 0.29) is 5.84 Å². The first-order valence-electron chi connectivity index (χ1n) is 8.51. The van der Waals surface area contributed by atoms with Gasteiger partial charge < -0.3 is 0 Å². The summed E-state index contributed by atoms with van der Waals surface area (Å²) in [7, 11) is 0.